The van der Waals surface area contributed by atoms with Crippen molar-refractivity contribution in [3.05, 3.63) is 24.3 Å². The first-order valence-corrected chi connectivity index (χ1v) is 9.37. The first-order chi connectivity index (χ1) is 11.8. The van der Waals surface area contributed by atoms with Crippen LogP contribution in [0.2, 0.25) is 0 Å². The minimum Gasteiger partial charge on any atom is -0.354 e. The summed E-state index contributed by atoms with van der Waals surface area (Å²) in [5, 5.41) is 5.42. The van der Waals surface area contributed by atoms with Crippen LogP contribution in [0.15, 0.2) is 28.8 Å². The van der Waals surface area contributed by atoms with E-state index in [-0.39, 0.29) is 12.4 Å². The topological polar surface area (TPSA) is 58.5 Å². The zero-order chi connectivity index (χ0) is 16.4. The van der Waals surface area contributed by atoms with Crippen LogP contribution < -0.4 is 10.6 Å². The van der Waals surface area contributed by atoms with Crippen molar-refractivity contribution >= 4 is 29.2 Å². The van der Waals surface area contributed by atoms with Crippen molar-refractivity contribution in [1.82, 2.24) is 10.1 Å². The molecule has 2 aliphatic rings. The first kappa shape index (κ1) is 18.5. The van der Waals surface area contributed by atoms with E-state index in [1.54, 1.807) is 0 Å². The lowest BCUT2D eigenvalue weighted by molar-refractivity contribution is 0.216. The molecule has 1 saturated heterocycles. The van der Waals surface area contributed by atoms with Crippen molar-refractivity contribution in [1.29, 1.82) is 0 Å². The van der Waals surface area contributed by atoms with Crippen LogP contribution in [0.25, 0.3) is 11.0 Å². The number of anilines is 1. The molecular formula is C19H29ClN4O. The zero-order valence-corrected chi connectivity index (χ0v) is 15.6. The Bertz CT molecular complexity index is 660. The highest BCUT2D eigenvalue weighted by Crippen LogP contribution is 2.28. The highest BCUT2D eigenvalue weighted by Gasteiger charge is 2.23. The Kier molecular flexibility index (Phi) is 6.20. The van der Waals surface area contributed by atoms with Gasteiger partial charge >= 0.3 is 0 Å². The number of nitrogens with two attached hydrogens (primary N) is 1. The summed E-state index contributed by atoms with van der Waals surface area (Å²) in [7, 11) is 0. The molecule has 0 unspecified atom stereocenters. The molecule has 1 saturated carbocycles. The number of benzene rings is 1. The quantitative estimate of drug-likeness (QED) is 0.902. The van der Waals surface area contributed by atoms with Gasteiger partial charge in [-0.15, -0.1) is 12.4 Å². The van der Waals surface area contributed by atoms with Crippen molar-refractivity contribution in [3.8, 4) is 0 Å². The fourth-order valence-electron chi connectivity index (χ4n) is 4.13. The molecule has 138 valence electrons. The third-order valence-electron chi connectivity index (χ3n) is 5.78. The summed E-state index contributed by atoms with van der Waals surface area (Å²) in [5.74, 6) is 1.90. The summed E-state index contributed by atoms with van der Waals surface area (Å²) in [6.45, 7) is 5.53. The normalized spacial score (nSPS) is 25.1. The molecule has 4 rings (SSSR count). The van der Waals surface area contributed by atoms with Crippen molar-refractivity contribution < 1.29 is 4.52 Å². The third-order valence-corrected chi connectivity index (χ3v) is 5.78. The summed E-state index contributed by atoms with van der Waals surface area (Å²) in [4.78, 5) is 4.97. The van der Waals surface area contributed by atoms with E-state index in [0.717, 1.165) is 48.9 Å². The maximum Gasteiger partial charge on any atom is 0.180 e. The van der Waals surface area contributed by atoms with E-state index in [1.807, 2.05) is 12.1 Å². The van der Waals surface area contributed by atoms with Crippen LogP contribution in [-0.4, -0.2) is 48.8 Å². The number of para-hydroxylation sites is 1. The SMILES string of the molecule is Cl.N[C@H]1CC[C@H](CCN2CCN(c3noc4ccccc34)CC2)CC1. The number of nitrogens with zero attached hydrogens (tertiary/aromatic N) is 3. The molecule has 1 aliphatic heterocycles. The Balaban J connectivity index is 0.00000182. The Morgan fingerprint density at radius 1 is 1.04 bits per heavy atom. The lowest BCUT2D eigenvalue weighted by Gasteiger charge is -2.36. The van der Waals surface area contributed by atoms with Crippen molar-refractivity contribution in [2.45, 2.75) is 38.1 Å². The van der Waals surface area contributed by atoms with Crippen LogP contribution in [0.4, 0.5) is 5.82 Å². The Hall–Kier alpha value is -1.30. The summed E-state index contributed by atoms with van der Waals surface area (Å²) in [6, 6.07) is 8.59. The molecule has 0 spiro atoms. The second-order valence-electron chi connectivity index (χ2n) is 7.40. The molecule has 6 heteroatoms. The molecule has 1 aliphatic carbocycles. The van der Waals surface area contributed by atoms with Gasteiger partial charge in [0.2, 0.25) is 0 Å². The van der Waals surface area contributed by atoms with Crippen LogP contribution in [-0.2, 0) is 0 Å². The smallest absolute Gasteiger partial charge is 0.180 e. The first-order valence-electron chi connectivity index (χ1n) is 9.37. The summed E-state index contributed by atoms with van der Waals surface area (Å²) in [5.41, 5.74) is 6.89. The standard InChI is InChI=1S/C19H28N4O.ClH/c20-16-7-5-15(6-8-16)9-10-22-11-13-23(14-12-22)19-17-3-1-2-4-18(17)24-21-19;/h1-4,15-16H,5-14,20H2;1H/t15-,16-;. The monoisotopic (exact) mass is 364 g/mol. The predicted molar refractivity (Wildman–Crippen MR) is 104 cm³/mol. The summed E-state index contributed by atoms with van der Waals surface area (Å²) >= 11 is 0. The number of rotatable bonds is 4. The number of hydrogen-bond donors (Lipinski definition) is 1. The molecule has 0 atom stereocenters. The zero-order valence-electron chi connectivity index (χ0n) is 14.8. The molecule has 1 aromatic heterocycles. The lowest BCUT2D eigenvalue weighted by Crippen LogP contribution is -2.47. The van der Waals surface area contributed by atoms with Crippen LogP contribution >= 0.6 is 12.4 Å². The maximum atomic E-state index is 6.01. The van der Waals surface area contributed by atoms with Crippen LogP contribution in [0.5, 0.6) is 0 Å². The fraction of sp³-hybridized carbons (Fsp3) is 0.632. The van der Waals surface area contributed by atoms with Gasteiger partial charge in [-0.25, -0.2) is 0 Å². The average Bonchev–Trinajstić information content (AvgIpc) is 3.06. The average molecular weight is 365 g/mol. The number of aromatic nitrogens is 1. The fourth-order valence-corrected chi connectivity index (χ4v) is 4.13. The molecule has 2 fully saturated rings. The van der Waals surface area contributed by atoms with E-state index in [1.165, 1.54) is 38.6 Å². The molecule has 1 aromatic carbocycles. The van der Waals surface area contributed by atoms with Gasteiger partial charge in [0, 0.05) is 32.2 Å². The predicted octanol–water partition coefficient (Wildman–Crippen LogP) is 3.28. The maximum absolute atomic E-state index is 6.01. The van der Waals surface area contributed by atoms with Gasteiger partial charge in [-0.2, -0.15) is 0 Å². The van der Waals surface area contributed by atoms with Gasteiger partial charge in [-0.05, 0) is 56.7 Å². The van der Waals surface area contributed by atoms with E-state index >= 15 is 0 Å². The molecule has 0 amide bonds. The molecule has 0 bridgehead atoms. The van der Waals surface area contributed by atoms with E-state index in [9.17, 15) is 0 Å². The van der Waals surface area contributed by atoms with Gasteiger partial charge in [0.25, 0.3) is 0 Å². The molecule has 2 aromatic rings. The summed E-state index contributed by atoms with van der Waals surface area (Å²) < 4.78 is 5.45. The van der Waals surface area contributed by atoms with E-state index < -0.39 is 0 Å². The van der Waals surface area contributed by atoms with Gasteiger partial charge in [0.15, 0.2) is 11.4 Å². The van der Waals surface area contributed by atoms with E-state index in [0.29, 0.717) is 6.04 Å². The Morgan fingerprint density at radius 3 is 2.52 bits per heavy atom. The number of halogens is 1. The Labute approximate surface area is 155 Å². The lowest BCUT2D eigenvalue weighted by atomic mass is 9.84. The third kappa shape index (κ3) is 4.27. The minimum absolute atomic E-state index is 0. The molecule has 25 heavy (non-hydrogen) atoms. The number of hydrogen-bond acceptors (Lipinski definition) is 5. The van der Waals surface area contributed by atoms with E-state index in [2.05, 4.69) is 27.1 Å². The number of fused-ring (bicyclic) bond motifs is 1. The van der Waals surface area contributed by atoms with Crippen LogP contribution in [0.3, 0.4) is 0 Å². The Morgan fingerprint density at radius 2 is 1.76 bits per heavy atom. The van der Waals surface area contributed by atoms with E-state index in [4.69, 9.17) is 10.3 Å². The summed E-state index contributed by atoms with van der Waals surface area (Å²) in [6.07, 6.45) is 6.42. The van der Waals surface area contributed by atoms with Crippen LogP contribution in [0, 0.1) is 5.92 Å². The number of piperazine rings is 1. The van der Waals surface area contributed by atoms with Gasteiger partial charge in [0.1, 0.15) is 0 Å². The van der Waals surface area contributed by atoms with Crippen molar-refractivity contribution in [2.75, 3.05) is 37.6 Å². The van der Waals surface area contributed by atoms with Crippen molar-refractivity contribution in [2.24, 2.45) is 11.7 Å². The van der Waals surface area contributed by atoms with Gasteiger partial charge in [-0.3, -0.25) is 4.90 Å². The molecular weight excluding hydrogens is 336 g/mol. The molecule has 2 N–H and O–H groups in total. The second-order valence-corrected chi connectivity index (χ2v) is 7.40. The molecule has 0 radical (unpaired) electrons. The van der Waals surface area contributed by atoms with Gasteiger partial charge in [-0.1, -0.05) is 17.3 Å². The van der Waals surface area contributed by atoms with Crippen molar-refractivity contribution in [3.63, 3.8) is 0 Å². The highest BCUT2D eigenvalue weighted by molar-refractivity contribution is 5.88. The second kappa shape index (κ2) is 8.39. The van der Waals surface area contributed by atoms with Gasteiger partial charge < -0.3 is 15.2 Å². The molecule has 2 heterocycles. The van der Waals surface area contributed by atoms with Crippen LogP contribution in [0.1, 0.15) is 32.1 Å². The highest BCUT2D eigenvalue weighted by atomic mass is 35.5. The largest absolute Gasteiger partial charge is 0.354 e. The van der Waals surface area contributed by atoms with Gasteiger partial charge in [0.05, 0.1) is 5.39 Å². The minimum atomic E-state index is 0. The molecule has 5 nitrogen and oxygen atoms in total.